The van der Waals surface area contributed by atoms with Crippen molar-refractivity contribution in [3.63, 3.8) is 0 Å². The van der Waals surface area contributed by atoms with E-state index in [1.165, 1.54) is 38.7 Å². The van der Waals surface area contributed by atoms with Crippen molar-refractivity contribution in [1.29, 1.82) is 0 Å². The molecule has 0 aliphatic carbocycles. The van der Waals surface area contributed by atoms with Crippen LogP contribution in [0, 0.1) is 13.8 Å². The van der Waals surface area contributed by atoms with Crippen molar-refractivity contribution in [3.8, 4) is 22.3 Å². The van der Waals surface area contributed by atoms with Crippen molar-refractivity contribution in [3.05, 3.63) is 75.8 Å². The van der Waals surface area contributed by atoms with E-state index in [0.29, 0.717) is 0 Å². The van der Waals surface area contributed by atoms with Gasteiger partial charge in [-0.25, -0.2) is 0 Å². The molecular weight excluding hydrogens is 342 g/mol. The number of benzene rings is 3. The SMILES string of the molecule is Cc1cc(Cl)ccc1-c1cccc(P)c1-c1ccc(Cl)cc1C. The molecule has 3 rings (SSSR count). The summed E-state index contributed by atoms with van der Waals surface area (Å²) >= 11 is 12.2. The predicted molar refractivity (Wildman–Crippen MR) is 106 cm³/mol. The summed E-state index contributed by atoms with van der Waals surface area (Å²) in [5.74, 6) is 0. The van der Waals surface area contributed by atoms with Crippen molar-refractivity contribution in [2.24, 2.45) is 0 Å². The van der Waals surface area contributed by atoms with Crippen molar-refractivity contribution in [1.82, 2.24) is 0 Å². The Labute approximate surface area is 149 Å². The third kappa shape index (κ3) is 3.31. The van der Waals surface area contributed by atoms with Crippen LogP contribution in [0.4, 0.5) is 0 Å². The predicted octanol–water partition coefficient (Wildman–Crippen LogP) is 6.44. The van der Waals surface area contributed by atoms with Gasteiger partial charge in [0.15, 0.2) is 0 Å². The van der Waals surface area contributed by atoms with Gasteiger partial charge in [0.2, 0.25) is 0 Å². The molecule has 3 aromatic rings. The Bertz CT molecular complexity index is 885. The fourth-order valence-electron chi connectivity index (χ4n) is 2.93. The van der Waals surface area contributed by atoms with Crippen LogP contribution in [0.2, 0.25) is 10.0 Å². The lowest BCUT2D eigenvalue weighted by Crippen LogP contribution is -2.01. The molecule has 0 nitrogen and oxygen atoms in total. The van der Waals surface area contributed by atoms with Gasteiger partial charge >= 0.3 is 0 Å². The van der Waals surface area contributed by atoms with Gasteiger partial charge in [0.1, 0.15) is 0 Å². The molecule has 0 amide bonds. The summed E-state index contributed by atoms with van der Waals surface area (Å²) in [6.45, 7) is 4.19. The lowest BCUT2D eigenvalue weighted by molar-refractivity contribution is 1.44. The Balaban J connectivity index is 2.29. The van der Waals surface area contributed by atoms with Crippen LogP contribution in [-0.4, -0.2) is 0 Å². The number of hydrogen-bond donors (Lipinski definition) is 0. The largest absolute Gasteiger partial charge is 0.105 e. The maximum Gasteiger partial charge on any atom is 0.0409 e. The van der Waals surface area contributed by atoms with Gasteiger partial charge in [-0.1, -0.05) is 53.5 Å². The zero-order valence-electron chi connectivity index (χ0n) is 13.0. The number of rotatable bonds is 2. The second-order valence-corrected chi connectivity index (χ2v) is 7.18. The first kappa shape index (κ1) is 16.5. The monoisotopic (exact) mass is 358 g/mol. The molecule has 0 aromatic heterocycles. The van der Waals surface area contributed by atoms with Gasteiger partial charge in [-0.05, 0) is 76.8 Å². The molecule has 0 saturated carbocycles. The van der Waals surface area contributed by atoms with E-state index in [2.05, 4.69) is 53.4 Å². The number of halogens is 2. The van der Waals surface area contributed by atoms with Crippen LogP contribution in [0.5, 0.6) is 0 Å². The van der Waals surface area contributed by atoms with Gasteiger partial charge in [0, 0.05) is 10.0 Å². The summed E-state index contributed by atoms with van der Waals surface area (Å²) in [6, 6.07) is 18.4. The Hall–Kier alpha value is -1.33. The van der Waals surface area contributed by atoms with E-state index < -0.39 is 0 Å². The Morgan fingerprint density at radius 1 is 0.696 bits per heavy atom. The van der Waals surface area contributed by atoms with E-state index in [1.807, 2.05) is 24.3 Å². The van der Waals surface area contributed by atoms with Crippen LogP contribution < -0.4 is 5.30 Å². The average molecular weight is 359 g/mol. The third-order valence-corrected chi connectivity index (χ3v) is 4.98. The van der Waals surface area contributed by atoms with E-state index >= 15 is 0 Å². The van der Waals surface area contributed by atoms with Gasteiger partial charge in [-0.2, -0.15) is 0 Å². The second kappa shape index (κ2) is 6.65. The molecule has 0 fully saturated rings. The molecule has 0 saturated heterocycles. The number of hydrogen-bond acceptors (Lipinski definition) is 0. The highest BCUT2D eigenvalue weighted by atomic mass is 35.5. The fraction of sp³-hybridized carbons (Fsp3) is 0.100. The van der Waals surface area contributed by atoms with E-state index in [4.69, 9.17) is 23.2 Å². The van der Waals surface area contributed by atoms with Crippen LogP contribution in [0.3, 0.4) is 0 Å². The summed E-state index contributed by atoms with van der Waals surface area (Å²) in [5, 5.41) is 2.69. The second-order valence-electron chi connectivity index (χ2n) is 5.69. The third-order valence-electron chi connectivity index (χ3n) is 4.03. The quantitative estimate of drug-likeness (QED) is 0.462. The van der Waals surface area contributed by atoms with E-state index in [1.54, 1.807) is 0 Å². The van der Waals surface area contributed by atoms with Crippen LogP contribution >= 0.6 is 32.4 Å². The van der Waals surface area contributed by atoms with Crippen molar-refractivity contribution >= 4 is 37.7 Å². The molecule has 0 N–H and O–H groups in total. The molecular formula is C20H17Cl2P. The van der Waals surface area contributed by atoms with E-state index in [0.717, 1.165) is 10.0 Å². The molecule has 0 aliphatic heterocycles. The molecule has 1 atom stereocenters. The van der Waals surface area contributed by atoms with Gasteiger partial charge in [0.05, 0.1) is 0 Å². The Morgan fingerprint density at radius 2 is 1.26 bits per heavy atom. The van der Waals surface area contributed by atoms with Crippen molar-refractivity contribution in [2.75, 3.05) is 0 Å². The molecule has 0 heterocycles. The lowest BCUT2D eigenvalue weighted by Gasteiger charge is -2.17. The molecule has 3 heteroatoms. The van der Waals surface area contributed by atoms with Crippen LogP contribution in [0.1, 0.15) is 11.1 Å². The zero-order chi connectivity index (χ0) is 16.6. The van der Waals surface area contributed by atoms with E-state index in [9.17, 15) is 0 Å². The standard InChI is InChI=1S/C20H17Cl2P/c1-12-10-14(21)6-8-16(12)18-4-3-5-19(23)20(18)17-9-7-15(22)11-13(17)2/h3-11H,23H2,1-2H3. The molecule has 116 valence electrons. The molecule has 0 spiro atoms. The van der Waals surface area contributed by atoms with Crippen molar-refractivity contribution < 1.29 is 0 Å². The molecule has 0 radical (unpaired) electrons. The fourth-order valence-corrected chi connectivity index (χ4v) is 3.81. The summed E-state index contributed by atoms with van der Waals surface area (Å²) in [7, 11) is 2.85. The smallest absolute Gasteiger partial charge is 0.0409 e. The van der Waals surface area contributed by atoms with E-state index in [-0.39, 0.29) is 0 Å². The van der Waals surface area contributed by atoms with Gasteiger partial charge in [0.25, 0.3) is 0 Å². The first-order valence-corrected chi connectivity index (χ1v) is 8.72. The first-order chi connectivity index (χ1) is 11.0. The first-order valence-electron chi connectivity index (χ1n) is 7.39. The van der Waals surface area contributed by atoms with Crippen molar-refractivity contribution in [2.45, 2.75) is 13.8 Å². The van der Waals surface area contributed by atoms with Crippen LogP contribution in [-0.2, 0) is 0 Å². The van der Waals surface area contributed by atoms with Crippen LogP contribution in [0.25, 0.3) is 22.3 Å². The van der Waals surface area contributed by atoms with Gasteiger partial charge in [-0.3, -0.25) is 0 Å². The molecule has 3 aromatic carbocycles. The highest BCUT2D eigenvalue weighted by Crippen LogP contribution is 2.36. The topological polar surface area (TPSA) is 0 Å². The average Bonchev–Trinajstić information content (AvgIpc) is 2.48. The Kier molecular flexibility index (Phi) is 4.78. The number of aryl methyl sites for hydroxylation is 2. The minimum absolute atomic E-state index is 0.761. The zero-order valence-corrected chi connectivity index (χ0v) is 15.7. The maximum absolute atomic E-state index is 6.12. The highest BCUT2D eigenvalue weighted by molar-refractivity contribution is 7.28. The molecule has 1 unspecified atom stereocenters. The molecule has 0 bridgehead atoms. The molecule has 23 heavy (non-hydrogen) atoms. The minimum atomic E-state index is 0.761. The lowest BCUT2D eigenvalue weighted by atomic mass is 9.90. The summed E-state index contributed by atoms with van der Waals surface area (Å²) in [5.41, 5.74) is 7.16. The van der Waals surface area contributed by atoms with Gasteiger partial charge < -0.3 is 0 Å². The summed E-state index contributed by atoms with van der Waals surface area (Å²) < 4.78 is 0. The van der Waals surface area contributed by atoms with Crippen LogP contribution in [0.15, 0.2) is 54.6 Å². The maximum atomic E-state index is 6.12. The highest BCUT2D eigenvalue weighted by Gasteiger charge is 2.14. The normalized spacial score (nSPS) is 10.8. The summed E-state index contributed by atoms with van der Waals surface area (Å²) in [6.07, 6.45) is 0. The van der Waals surface area contributed by atoms with Gasteiger partial charge in [-0.15, -0.1) is 9.24 Å². The summed E-state index contributed by atoms with van der Waals surface area (Å²) in [4.78, 5) is 0. The molecule has 0 aliphatic rings. The minimum Gasteiger partial charge on any atom is -0.105 e. The Morgan fingerprint density at radius 3 is 1.83 bits per heavy atom.